The lowest BCUT2D eigenvalue weighted by Gasteiger charge is -1.95. The van der Waals surface area contributed by atoms with Crippen molar-refractivity contribution in [1.82, 2.24) is 0 Å². The summed E-state index contributed by atoms with van der Waals surface area (Å²) in [6.45, 7) is 11.9. The summed E-state index contributed by atoms with van der Waals surface area (Å²) in [7, 11) is 0. The van der Waals surface area contributed by atoms with Gasteiger partial charge in [-0.05, 0) is 18.9 Å². The number of hydrogen-bond donors (Lipinski definition) is 0. The molecule has 0 aliphatic rings. The van der Waals surface area contributed by atoms with Crippen LogP contribution in [-0.2, 0) is 0 Å². The van der Waals surface area contributed by atoms with Gasteiger partial charge in [-0.1, -0.05) is 58.1 Å². The molecule has 0 nitrogen and oxygen atoms in total. The second kappa shape index (κ2) is 12.9. The molecule has 0 spiro atoms. The zero-order valence-corrected chi connectivity index (χ0v) is 8.93. The highest BCUT2D eigenvalue weighted by Crippen LogP contribution is 2.05. The zero-order chi connectivity index (χ0) is 9.82. The Labute approximate surface area is 77.7 Å². The van der Waals surface area contributed by atoms with Crippen LogP contribution in [0.3, 0.4) is 0 Å². The quantitative estimate of drug-likeness (QED) is 0.539. The van der Waals surface area contributed by atoms with Crippen LogP contribution in [0.1, 0.15) is 40.5 Å². The van der Waals surface area contributed by atoms with Crippen molar-refractivity contribution in [1.29, 1.82) is 0 Å². The standard InChI is InChI=1S/C10H16.C2H6/c1-4-7-10(8-5-2)9-6-3;1-2/h4-5,7-8H,1,6,9H2,2-3H3;1-2H3/b8-5-,10-7+;. The predicted molar refractivity (Wildman–Crippen MR) is 59.4 cm³/mol. The van der Waals surface area contributed by atoms with E-state index in [-0.39, 0.29) is 0 Å². The van der Waals surface area contributed by atoms with Crippen molar-refractivity contribution in [3.05, 3.63) is 36.5 Å². The molecule has 0 atom stereocenters. The first-order valence-corrected chi connectivity index (χ1v) is 4.79. The van der Waals surface area contributed by atoms with Gasteiger partial charge in [0.1, 0.15) is 0 Å². The van der Waals surface area contributed by atoms with Crippen LogP contribution < -0.4 is 0 Å². The third kappa shape index (κ3) is 9.22. The predicted octanol–water partition coefficient (Wildman–Crippen LogP) is 4.50. The van der Waals surface area contributed by atoms with Crippen LogP contribution >= 0.6 is 0 Å². The molecule has 0 radical (unpaired) electrons. The minimum Gasteiger partial charge on any atom is -0.0991 e. The fraction of sp³-hybridized carbons (Fsp3) is 0.500. The number of rotatable bonds is 4. The number of hydrogen-bond acceptors (Lipinski definition) is 0. The molecule has 0 saturated heterocycles. The Morgan fingerprint density at radius 1 is 1.33 bits per heavy atom. The van der Waals surface area contributed by atoms with E-state index in [1.807, 2.05) is 26.8 Å². The number of allylic oxidation sites excluding steroid dienone is 5. The Morgan fingerprint density at radius 3 is 2.25 bits per heavy atom. The van der Waals surface area contributed by atoms with Gasteiger partial charge in [0, 0.05) is 0 Å². The second-order valence-corrected chi connectivity index (χ2v) is 2.23. The van der Waals surface area contributed by atoms with Crippen molar-refractivity contribution in [2.45, 2.75) is 40.5 Å². The Bertz CT molecular complexity index is 138. The van der Waals surface area contributed by atoms with E-state index in [1.54, 1.807) is 0 Å². The van der Waals surface area contributed by atoms with Crippen LogP contribution in [0.5, 0.6) is 0 Å². The maximum atomic E-state index is 3.65. The molecule has 0 heterocycles. The molecule has 0 bridgehead atoms. The Hall–Kier alpha value is -0.780. The summed E-state index contributed by atoms with van der Waals surface area (Å²) in [4.78, 5) is 0. The van der Waals surface area contributed by atoms with Gasteiger partial charge in [0.05, 0.1) is 0 Å². The van der Waals surface area contributed by atoms with Crippen molar-refractivity contribution in [3.63, 3.8) is 0 Å². The first kappa shape index (κ1) is 13.8. The molecular weight excluding hydrogens is 144 g/mol. The lowest BCUT2D eigenvalue weighted by atomic mass is 10.1. The fourth-order valence-corrected chi connectivity index (χ4v) is 0.876. The van der Waals surface area contributed by atoms with Gasteiger partial charge in [0.2, 0.25) is 0 Å². The Kier molecular flexibility index (Phi) is 14.8. The Morgan fingerprint density at radius 2 is 1.92 bits per heavy atom. The van der Waals surface area contributed by atoms with E-state index in [2.05, 4.69) is 31.7 Å². The molecular formula is C12H22. The largest absolute Gasteiger partial charge is 0.0991 e. The monoisotopic (exact) mass is 166 g/mol. The lowest BCUT2D eigenvalue weighted by molar-refractivity contribution is 0.926. The van der Waals surface area contributed by atoms with Crippen LogP contribution in [0.15, 0.2) is 36.5 Å². The van der Waals surface area contributed by atoms with Crippen LogP contribution in [-0.4, -0.2) is 0 Å². The molecule has 0 aliphatic heterocycles. The minimum absolute atomic E-state index is 1.15. The first-order valence-electron chi connectivity index (χ1n) is 4.79. The molecule has 12 heavy (non-hydrogen) atoms. The molecule has 0 aromatic carbocycles. The van der Waals surface area contributed by atoms with E-state index in [0.717, 1.165) is 6.42 Å². The topological polar surface area (TPSA) is 0 Å². The maximum absolute atomic E-state index is 3.65. The molecule has 0 amide bonds. The van der Waals surface area contributed by atoms with E-state index >= 15 is 0 Å². The van der Waals surface area contributed by atoms with Gasteiger partial charge >= 0.3 is 0 Å². The van der Waals surface area contributed by atoms with Gasteiger partial charge in [-0.2, -0.15) is 0 Å². The summed E-state index contributed by atoms with van der Waals surface area (Å²) in [5.41, 5.74) is 1.36. The first-order chi connectivity index (χ1) is 5.85. The maximum Gasteiger partial charge on any atom is -0.0282 e. The van der Waals surface area contributed by atoms with Gasteiger partial charge in [-0.3, -0.25) is 0 Å². The summed E-state index contributed by atoms with van der Waals surface area (Å²) in [5.74, 6) is 0. The minimum atomic E-state index is 1.15. The van der Waals surface area contributed by atoms with Crippen molar-refractivity contribution in [2.75, 3.05) is 0 Å². The molecule has 0 fully saturated rings. The zero-order valence-electron chi connectivity index (χ0n) is 8.93. The van der Waals surface area contributed by atoms with Crippen molar-refractivity contribution in [2.24, 2.45) is 0 Å². The van der Waals surface area contributed by atoms with Crippen molar-refractivity contribution in [3.8, 4) is 0 Å². The van der Waals surface area contributed by atoms with Gasteiger partial charge in [-0.25, -0.2) is 0 Å². The molecule has 0 unspecified atom stereocenters. The SMILES string of the molecule is C=C/C=C(\C=C/C)CCC.CC. The third-order valence-corrected chi connectivity index (χ3v) is 1.25. The molecule has 0 aromatic rings. The summed E-state index contributed by atoms with van der Waals surface area (Å²) < 4.78 is 0. The highest BCUT2D eigenvalue weighted by molar-refractivity contribution is 5.22. The van der Waals surface area contributed by atoms with E-state index in [4.69, 9.17) is 0 Å². The highest BCUT2D eigenvalue weighted by Gasteiger charge is 1.85. The van der Waals surface area contributed by atoms with Gasteiger partial charge in [0.25, 0.3) is 0 Å². The van der Waals surface area contributed by atoms with Gasteiger partial charge in [0.15, 0.2) is 0 Å². The summed E-state index contributed by atoms with van der Waals surface area (Å²) in [6, 6.07) is 0. The molecule has 0 N–H and O–H groups in total. The van der Waals surface area contributed by atoms with Crippen molar-refractivity contribution >= 4 is 0 Å². The third-order valence-electron chi connectivity index (χ3n) is 1.25. The molecule has 0 heteroatoms. The van der Waals surface area contributed by atoms with Crippen molar-refractivity contribution < 1.29 is 0 Å². The molecule has 0 aliphatic carbocycles. The van der Waals surface area contributed by atoms with Crippen LogP contribution in [0.25, 0.3) is 0 Å². The smallest absolute Gasteiger partial charge is 0.0282 e. The van der Waals surface area contributed by atoms with Gasteiger partial charge < -0.3 is 0 Å². The second-order valence-electron chi connectivity index (χ2n) is 2.23. The average molecular weight is 166 g/mol. The van der Waals surface area contributed by atoms with E-state index < -0.39 is 0 Å². The van der Waals surface area contributed by atoms with Crippen LogP contribution in [0.4, 0.5) is 0 Å². The van der Waals surface area contributed by atoms with Gasteiger partial charge in [-0.15, -0.1) is 0 Å². The van der Waals surface area contributed by atoms with E-state index in [9.17, 15) is 0 Å². The summed E-state index contributed by atoms with van der Waals surface area (Å²) >= 11 is 0. The van der Waals surface area contributed by atoms with Crippen LogP contribution in [0.2, 0.25) is 0 Å². The summed E-state index contributed by atoms with van der Waals surface area (Å²) in [5, 5.41) is 0. The lowest BCUT2D eigenvalue weighted by Crippen LogP contribution is -1.75. The highest BCUT2D eigenvalue weighted by atomic mass is 13.9. The summed E-state index contributed by atoms with van der Waals surface area (Å²) in [6.07, 6.45) is 10.4. The normalized spacial score (nSPS) is 10.8. The van der Waals surface area contributed by atoms with E-state index in [1.165, 1.54) is 12.0 Å². The Balaban J connectivity index is 0. The average Bonchev–Trinajstić information content (AvgIpc) is 2.10. The molecule has 0 saturated carbocycles. The fourth-order valence-electron chi connectivity index (χ4n) is 0.876. The van der Waals surface area contributed by atoms with E-state index in [0.29, 0.717) is 0 Å². The van der Waals surface area contributed by atoms with Crippen LogP contribution in [0, 0.1) is 0 Å². The molecule has 0 aromatic heterocycles. The molecule has 0 rings (SSSR count). The molecule has 70 valence electrons.